The van der Waals surface area contributed by atoms with E-state index in [2.05, 4.69) is 20.0 Å². The van der Waals surface area contributed by atoms with Gasteiger partial charge in [-0.15, -0.1) is 0 Å². The number of nitrogens with zero attached hydrogens (tertiary/aromatic N) is 2. The average molecular weight is 239 g/mol. The van der Waals surface area contributed by atoms with Gasteiger partial charge in [0, 0.05) is 18.6 Å². The van der Waals surface area contributed by atoms with Gasteiger partial charge in [-0.1, -0.05) is 13.8 Å². The van der Waals surface area contributed by atoms with Crippen molar-refractivity contribution < 1.29 is 14.6 Å². The third-order valence-corrected chi connectivity index (χ3v) is 2.21. The van der Waals surface area contributed by atoms with Gasteiger partial charge in [-0.3, -0.25) is 4.98 Å². The standard InChI is InChI=1S/C11H17N3O3/c1-11(2,7-15)6-13-9-5-12-4-8(14-9)10(16)17-3/h4-5,15H,6-7H2,1-3H3,(H,13,14). The molecule has 1 aromatic heterocycles. The molecule has 6 heteroatoms. The first-order valence-electron chi connectivity index (χ1n) is 5.23. The van der Waals surface area contributed by atoms with E-state index in [1.807, 2.05) is 13.8 Å². The van der Waals surface area contributed by atoms with Crippen LogP contribution >= 0.6 is 0 Å². The van der Waals surface area contributed by atoms with Crippen molar-refractivity contribution in [1.82, 2.24) is 9.97 Å². The van der Waals surface area contributed by atoms with Gasteiger partial charge >= 0.3 is 5.97 Å². The van der Waals surface area contributed by atoms with Crippen LogP contribution in [0.15, 0.2) is 12.4 Å². The number of carbonyl (C=O) groups is 1. The summed E-state index contributed by atoms with van der Waals surface area (Å²) < 4.78 is 4.55. The quantitative estimate of drug-likeness (QED) is 0.735. The molecule has 0 aromatic carbocycles. The summed E-state index contributed by atoms with van der Waals surface area (Å²) in [5.41, 5.74) is -0.109. The van der Waals surface area contributed by atoms with Crippen LogP contribution in [0.5, 0.6) is 0 Å². The fourth-order valence-corrected chi connectivity index (χ4v) is 1.04. The number of hydrogen-bond donors (Lipinski definition) is 2. The molecule has 0 amide bonds. The van der Waals surface area contributed by atoms with E-state index in [0.717, 1.165) is 0 Å². The number of rotatable bonds is 5. The van der Waals surface area contributed by atoms with Crippen molar-refractivity contribution in [3.05, 3.63) is 18.1 Å². The Morgan fingerprint density at radius 3 is 2.82 bits per heavy atom. The second-order valence-corrected chi connectivity index (χ2v) is 4.46. The number of aliphatic hydroxyl groups is 1. The highest BCUT2D eigenvalue weighted by Gasteiger charge is 2.16. The van der Waals surface area contributed by atoms with Crippen LogP contribution in [0.3, 0.4) is 0 Å². The first kappa shape index (κ1) is 13.4. The third kappa shape index (κ3) is 3.99. The molecule has 0 saturated heterocycles. The number of methoxy groups -OCH3 is 1. The summed E-state index contributed by atoms with van der Waals surface area (Å²) >= 11 is 0. The van der Waals surface area contributed by atoms with Crippen molar-refractivity contribution in [1.29, 1.82) is 0 Å². The predicted octanol–water partition coefficient (Wildman–Crippen LogP) is 0.694. The van der Waals surface area contributed by atoms with E-state index in [1.165, 1.54) is 19.5 Å². The van der Waals surface area contributed by atoms with Crippen molar-refractivity contribution >= 4 is 11.8 Å². The molecule has 94 valence electrons. The lowest BCUT2D eigenvalue weighted by Gasteiger charge is -2.22. The molecule has 0 atom stereocenters. The smallest absolute Gasteiger partial charge is 0.358 e. The van der Waals surface area contributed by atoms with Crippen LogP contribution in [0, 0.1) is 5.41 Å². The van der Waals surface area contributed by atoms with E-state index < -0.39 is 5.97 Å². The largest absolute Gasteiger partial charge is 0.464 e. The molecule has 0 aliphatic heterocycles. The third-order valence-electron chi connectivity index (χ3n) is 2.21. The fourth-order valence-electron chi connectivity index (χ4n) is 1.04. The van der Waals surface area contributed by atoms with E-state index in [9.17, 15) is 4.79 Å². The number of nitrogens with one attached hydrogen (secondary N) is 1. The van der Waals surface area contributed by atoms with Gasteiger partial charge in [-0.05, 0) is 0 Å². The predicted molar refractivity (Wildman–Crippen MR) is 62.7 cm³/mol. The highest BCUT2D eigenvalue weighted by atomic mass is 16.5. The second-order valence-electron chi connectivity index (χ2n) is 4.46. The van der Waals surface area contributed by atoms with Gasteiger partial charge in [0.1, 0.15) is 5.82 Å². The number of ether oxygens (including phenoxy) is 1. The molecule has 0 saturated carbocycles. The molecule has 1 heterocycles. The number of anilines is 1. The molecule has 0 radical (unpaired) electrons. The van der Waals surface area contributed by atoms with Crippen LogP contribution < -0.4 is 5.32 Å². The Kier molecular flexibility index (Phi) is 4.39. The van der Waals surface area contributed by atoms with Crippen molar-refractivity contribution in [3.8, 4) is 0 Å². The Labute approximate surface area is 100 Å². The number of aromatic nitrogens is 2. The summed E-state index contributed by atoms with van der Waals surface area (Å²) in [6, 6.07) is 0. The van der Waals surface area contributed by atoms with Crippen LogP contribution in [0.25, 0.3) is 0 Å². The first-order valence-corrected chi connectivity index (χ1v) is 5.23. The van der Waals surface area contributed by atoms with Crippen LogP contribution in [0.2, 0.25) is 0 Å². The lowest BCUT2D eigenvalue weighted by atomic mass is 9.95. The lowest BCUT2D eigenvalue weighted by molar-refractivity contribution is 0.0593. The van der Waals surface area contributed by atoms with E-state index in [1.54, 1.807) is 0 Å². The molecule has 0 bridgehead atoms. The van der Waals surface area contributed by atoms with Gasteiger partial charge in [0.15, 0.2) is 5.69 Å². The Bertz CT molecular complexity index is 393. The minimum absolute atomic E-state index is 0.0596. The number of hydrogen-bond acceptors (Lipinski definition) is 6. The van der Waals surface area contributed by atoms with Gasteiger partial charge in [0.2, 0.25) is 0 Å². The zero-order valence-electron chi connectivity index (χ0n) is 10.2. The Balaban J connectivity index is 2.70. The van der Waals surface area contributed by atoms with Gasteiger partial charge in [-0.2, -0.15) is 0 Å². The minimum atomic E-state index is -0.525. The molecular formula is C11H17N3O3. The minimum Gasteiger partial charge on any atom is -0.464 e. The fraction of sp³-hybridized carbons (Fsp3) is 0.545. The number of aliphatic hydroxyl groups excluding tert-OH is 1. The average Bonchev–Trinajstić information content (AvgIpc) is 2.36. The highest BCUT2D eigenvalue weighted by molar-refractivity contribution is 5.87. The van der Waals surface area contributed by atoms with E-state index >= 15 is 0 Å². The van der Waals surface area contributed by atoms with Crippen molar-refractivity contribution in [2.75, 3.05) is 25.6 Å². The first-order chi connectivity index (χ1) is 7.98. The molecule has 1 aromatic rings. The topological polar surface area (TPSA) is 84.3 Å². The van der Waals surface area contributed by atoms with Crippen LogP contribution in [-0.4, -0.2) is 41.3 Å². The van der Waals surface area contributed by atoms with E-state index in [4.69, 9.17) is 5.11 Å². The molecular weight excluding hydrogens is 222 g/mol. The maximum absolute atomic E-state index is 11.2. The van der Waals surface area contributed by atoms with Crippen molar-refractivity contribution in [2.24, 2.45) is 5.41 Å². The molecule has 0 aliphatic rings. The highest BCUT2D eigenvalue weighted by Crippen LogP contribution is 2.14. The number of esters is 1. The van der Waals surface area contributed by atoms with Crippen LogP contribution in [0.4, 0.5) is 5.82 Å². The van der Waals surface area contributed by atoms with Gasteiger partial charge in [0.05, 0.1) is 19.5 Å². The summed E-state index contributed by atoms with van der Waals surface area (Å²) in [6.45, 7) is 4.42. The van der Waals surface area contributed by atoms with E-state index in [-0.39, 0.29) is 17.7 Å². The summed E-state index contributed by atoms with van der Waals surface area (Å²) in [6.07, 6.45) is 2.86. The number of carbonyl (C=O) groups excluding carboxylic acids is 1. The normalized spacial score (nSPS) is 11.1. The molecule has 0 fully saturated rings. The Hall–Kier alpha value is -1.69. The van der Waals surface area contributed by atoms with Gasteiger partial charge in [0.25, 0.3) is 0 Å². The van der Waals surface area contributed by atoms with Crippen LogP contribution in [0.1, 0.15) is 24.3 Å². The SMILES string of the molecule is COC(=O)c1cncc(NCC(C)(C)CO)n1. The Morgan fingerprint density at radius 2 is 2.24 bits per heavy atom. The molecule has 0 spiro atoms. The van der Waals surface area contributed by atoms with Gasteiger partial charge < -0.3 is 15.2 Å². The molecule has 6 nitrogen and oxygen atoms in total. The molecule has 17 heavy (non-hydrogen) atoms. The summed E-state index contributed by atoms with van der Waals surface area (Å²) in [5, 5.41) is 12.1. The molecule has 0 aliphatic carbocycles. The molecule has 0 unspecified atom stereocenters. The maximum atomic E-state index is 11.2. The molecule has 1 rings (SSSR count). The second kappa shape index (κ2) is 5.58. The summed E-state index contributed by atoms with van der Waals surface area (Å²) in [4.78, 5) is 19.2. The zero-order valence-corrected chi connectivity index (χ0v) is 10.2. The molecule has 2 N–H and O–H groups in total. The van der Waals surface area contributed by atoms with Gasteiger partial charge in [-0.25, -0.2) is 9.78 Å². The summed E-state index contributed by atoms with van der Waals surface area (Å²) in [7, 11) is 1.29. The Morgan fingerprint density at radius 1 is 1.53 bits per heavy atom. The maximum Gasteiger partial charge on any atom is 0.358 e. The van der Waals surface area contributed by atoms with Crippen LogP contribution in [-0.2, 0) is 4.74 Å². The van der Waals surface area contributed by atoms with E-state index in [0.29, 0.717) is 12.4 Å². The lowest BCUT2D eigenvalue weighted by Crippen LogP contribution is -2.27. The summed E-state index contributed by atoms with van der Waals surface area (Å²) in [5.74, 6) is -0.0445. The van der Waals surface area contributed by atoms with Crippen molar-refractivity contribution in [2.45, 2.75) is 13.8 Å². The zero-order chi connectivity index (χ0) is 12.9. The van der Waals surface area contributed by atoms with Crippen molar-refractivity contribution in [3.63, 3.8) is 0 Å². The monoisotopic (exact) mass is 239 g/mol.